The third-order valence-corrected chi connectivity index (χ3v) is 2.02. The van der Waals surface area contributed by atoms with E-state index >= 15 is 0 Å². The SMILES string of the molecule is Cc1nc2c(n1C)C(=O)NC2. The van der Waals surface area contributed by atoms with Crippen LogP contribution in [0.15, 0.2) is 0 Å². The van der Waals surface area contributed by atoms with Gasteiger partial charge in [0, 0.05) is 7.05 Å². The molecule has 1 aromatic heterocycles. The monoisotopic (exact) mass is 151 g/mol. The molecule has 0 atom stereocenters. The van der Waals surface area contributed by atoms with Gasteiger partial charge in [-0.2, -0.15) is 0 Å². The molecule has 0 fully saturated rings. The fraction of sp³-hybridized carbons (Fsp3) is 0.429. The molecule has 0 saturated carbocycles. The van der Waals surface area contributed by atoms with Gasteiger partial charge >= 0.3 is 0 Å². The lowest BCUT2D eigenvalue weighted by atomic mass is 10.4. The van der Waals surface area contributed by atoms with Gasteiger partial charge in [-0.15, -0.1) is 0 Å². The van der Waals surface area contributed by atoms with E-state index in [-0.39, 0.29) is 5.91 Å². The van der Waals surface area contributed by atoms with Crippen molar-refractivity contribution in [3.8, 4) is 0 Å². The van der Waals surface area contributed by atoms with Crippen molar-refractivity contribution >= 4 is 5.91 Å². The third-order valence-electron chi connectivity index (χ3n) is 2.02. The molecule has 1 aromatic rings. The Morgan fingerprint density at radius 2 is 2.36 bits per heavy atom. The molecule has 11 heavy (non-hydrogen) atoms. The van der Waals surface area contributed by atoms with E-state index < -0.39 is 0 Å². The first-order chi connectivity index (χ1) is 5.20. The Hall–Kier alpha value is -1.32. The summed E-state index contributed by atoms with van der Waals surface area (Å²) >= 11 is 0. The number of nitrogens with one attached hydrogen (secondary N) is 1. The molecule has 2 heterocycles. The van der Waals surface area contributed by atoms with Crippen molar-refractivity contribution in [3.63, 3.8) is 0 Å². The summed E-state index contributed by atoms with van der Waals surface area (Å²) in [5.41, 5.74) is 1.58. The number of fused-ring (bicyclic) bond motifs is 1. The van der Waals surface area contributed by atoms with Crippen molar-refractivity contribution in [2.45, 2.75) is 13.5 Å². The zero-order valence-corrected chi connectivity index (χ0v) is 6.51. The van der Waals surface area contributed by atoms with E-state index in [4.69, 9.17) is 0 Å². The van der Waals surface area contributed by atoms with Gasteiger partial charge in [0.05, 0.1) is 12.2 Å². The zero-order chi connectivity index (χ0) is 8.01. The molecular formula is C7H9N3O. The van der Waals surface area contributed by atoms with Crippen LogP contribution in [0, 0.1) is 6.92 Å². The maximum atomic E-state index is 11.1. The number of imidazole rings is 1. The molecule has 2 rings (SSSR count). The van der Waals surface area contributed by atoms with Crippen molar-refractivity contribution in [2.24, 2.45) is 7.05 Å². The topological polar surface area (TPSA) is 46.9 Å². The predicted molar refractivity (Wildman–Crippen MR) is 39.1 cm³/mol. The minimum absolute atomic E-state index is 0.0110. The summed E-state index contributed by atoms with van der Waals surface area (Å²) in [6, 6.07) is 0. The largest absolute Gasteiger partial charge is 0.345 e. The van der Waals surface area contributed by atoms with Crippen LogP contribution in [0.3, 0.4) is 0 Å². The van der Waals surface area contributed by atoms with Crippen molar-refractivity contribution in [3.05, 3.63) is 17.2 Å². The molecule has 1 aliphatic rings. The van der Waals surface area contributed by atoms with E-state index in [9.17, 15) is 4.79 Å². The quantitative estimate of drug-likeness (QED) is 0.566. The Bertz CT molecular complexity index is 327. The van der Waals surface area contributed by atoms with Gasteiger partial charge in [-0.05, 0) is 6.92 Å². The Balaban J connectivity index is 2.67. The highest BCUT2D eigenvalue weighted by molar-refractivity contribution is 5.96. The summed E-state index contributed by atoms with van der Waals surface area (Å²) in [7, 11) is 1.85. The van der Waals surface area contributed by atoms with Crippen LogP contribution in [0.2, 0.25) is 0 Å². The Labute approximate surface area is 64.2 Å². The Morgan fingerprint density at radius 1 is 1.64 bits per heavy atom. The van der Waals surface area contributed by atoms with Crippen LogP contribution >= 0.6 is 0 Å². The fourth-order valence-corrected chi connectivity index (χ4v) is 1.33. The fourth-order valence-electron chi connectivity index (χ4n) is 1.33. The highest BCUT2D eigenvalue weighted by Crippen LogP contribution is 2.14. The second kappa shape index (κ2) is 1.84. The van der Waals surface area contributed by atoms with Crippen molar-refractivity contribution in [1.82, 2.24) is 14.9 Å². The summed E-state index contributed by atoms with van der Waals surface area (Å²) in [5, 5.41) is 2.71. The van der Waals surface area contributed by atoms with Crippen LogP contribution < -0.4 is 5.32 Å². The van der Waals surface area contributed by atoms with Gasteiger partial charge in [0.1, 0.15) is 11.5 Å². The first-order valence-electron chi connectivity index (χ1n) is 3.50. The van der Waals surface area contributed by atoms with Gasteiger partial charge in [-0.3, -0.25) is 4.79 Å². The molecule has 1 aliphatic heterocycles. The first kappa shape index (κ1) is 6.39. The lowest BCUT2D eigenvalue weighted by molar-refractivity contribution is 0.0958. The molecule has 0 radical (unpaired) electrons. The molecule has 0 aromatic carbocycles. The standard InChI is InChI=1S/C7H9N3O/c1-4-9-5-3-8-7(11)6(5)10(4)2/h3H2,1-2H3,(H,8,11). The van der Waals surface area contributed by atoms with Gasteiger partial charge in [0.15, 0.2) is 0 Å². The molecule has 0 saturated heterocycles. The van der Waals surface area contributed by atoms with Crippen LogP contribution in [-0.4, -0.2) is 15.5 Å². The molecule has 0 bridgehead atoms. The van der Waals surface area contributed by atoms with Gasteiger partial charge in [-0.25, -0.2) is 4.98 Å². The summed E-state index contributed by atoms with van der Waals surface area (Å²) < 4.78 is 1.82. The molecule has 4 heteroatoms. The van der Waals surface area contributed by atoms with E-state index in [1.54, 1.807) is 0 Å². The number of carbonyl (C=O) groups is 1. The third kappa shape index (κ3) is 0.691. The Morgan fingerprint density at radius 3 is 3.00 bits per heavy atom. The normalized spacial score (nSPS) is 14.9. The summed E-state index contributed by atoms with van der Waals surface area (Å²) in [6.45, 7) is 2.47. The number of hydrogen-bond acceptors (Lipinski definition) is 2. The number of rotatable bonds is 0. The van der Waals surface area contributed by atoms with Crippen molar-refractivity contribution < 1.29 is 4.79 Å². The van der Waals surface area contributed by atoms with Crippen molar-refractivity contribution in [2.75, 3.05) is 0 Å². The highest BCUT2D eigenvalue weighted by Gasteiger charge is 2.24. The van der Waals surface area contributed by atoms with Crippen LogP contribution in [0.5, 0.6) is 0 Å². The van der Waals surface area contributed by atoms with Gasteiger partial charge < -0.3 is 9.88 Å². The smallest absolute Gasteiger partial charge is 0.270 e. The van der Waals surface area contributed by atoms with Crippen LogP contribution in [0.25, 0.3) is 0 Å². The van der Waals surface area contributed by atoms with Gasteiger partial charge in [0.2, 0.25) is 0 Å². The van der Waals surface area contributed by atoms with Crippen LogP contribution in [0.4, 0.5) is 0 Å². The molecule has 0 unspecified atom stereocenters. The molecule has 58 valence electrons. The average molecular weight is 151 g/mol. The number of carbonyl (C=O) groups excluding carboxylic acids is 1. The molecule has 1 amide bonds. The highest BCUT2D eigenvalue weighted by atomic mass is 16.2. The average Bonchev–Trinajstić information content (AvgIpc) is 2.41. The minimum Gasteiger partial charge on any atom is -0.345 e. The van der Waals surface area contributed by atoms with Gasteiger partial charge in [0.25, 0.3) is 5.91 Å². The van der Waals surface area contributed by atoms with E-state index in [1.165, 1.54) is 0 Å². The van der Waals surface area contributed by atoms with E-state index in [0.29, 0.717) is 12.2 Å². The number of amides is 1. The van der Waals surface area contributed by atoms with Crippen molar-refractivity contribution in [1.29, 1.82) is 0 Å². The van der Waals surface area contributed by atoms with E-state index in [2.05, 4.69) is 10.3 Å². The predicted octanol–water partition coefficient (Wildman–Crippen LogP) is -0.0281. The Kier molecular flexibility index (Phi) is 1.07. The second-order valence-electron chi connectivity index (χ2n) is 2.70. The number of hydrogen-bond donors (Lipinski definition) is 1. The molecule has 0 aliphatic carbocycles. The number of aryl methyl sites for hydroxylation is 1. The minimum atomic E-state index is -0.0110. The van der Waals surface area contributed by atoms with E-state index in [1.807, 2.05) is 18.5 Å². The molecular weight excluding hydrogens is 142 g/mol. The molecule has 0 spiro atoms. The molecule has 4 nitrogen and oxygen atoms in total. The maximum absolute atomic E-state index is 11.1. The van der Waals surface area contributed by atoms with E-state index in [0.717, 1.165) is 11.5 Å². The summed E-state index contributed by atoms with van der Waals surface area (Å²) in [5.74, 6) is 0.882. The van der Waals surface area contributed by atoms with Gasteiger partial charge in [-0.1, -0.05) is 0 Å². The molecule has 1 N–H and O–H groups in total. The van der Waals surface area contributed by atoms with Crippen LogP contribution in [-0.2, 0) is 13.6 Å². The lowest BCUT2D eigenvalue weighted by Gasteiger charge is -1.97. The number of nitrogens with zero attached hydrogens (tertiary/aromatic N) is 2. The lowest BCUT2D eigenvalue weighted by Crippen LogP contribution is -2.16. The maximum Gasteiger partial charge on any atom is 0.270 e. The zero-order valence-electron chi connectivity index (χ0n) is 6.51. The first-order valence-corrected chi connectivity index (χ1v) is 3.50. The summed E-state index contributed by atoms with van der Waals surface area (Å²) in [4.78, 5) is 15.3. The second-order valence-corrected chi connectivity index (χ2v) is 2.70. The number of aromatic nitrogens is 2. The summed E-state index contributed by atoms with van der Waals surface area (Å²) in [6.07, 6.45) is 0. The van der Waals surface area contributed by atoms with Crippen LogP contribution in [0.1, 0.15) is 22.0 Å².